The molecule has 1 atom stereocenters. The molecule has 5 nitrogen and oxygen atoms in total. The summed E-state index contributed by atoms with van der Waals surface area (Å²) < 4.78 is 0. The van der Waals surface area contributed by atoms with Gasteiger partial charge >= 0.3 is 0 Å². The average Bonchev–Trinajstić information content (AvgIpc) is 2.53. The summed E-state index contributed by atoms with van der Waals surface area (Å²) in [5.41, 5.74) is 0.718. The average molecular weight is 287 g/mol. The predicted octanol–water partition coefficient (Wildman–Crippen LogP) is 4.24. The van der Waals surface area contributed by atoms with E-state index in [0.29, 0.717) is 12.0 Å². The van der Waals surface area contributed by atoms with Crippen molar-refractivity contribution in [2.24, 2.45) is 5.92 Å². The highest BCUT2D eigenvalue weighted by molar-refractivity contribution is 5.59. The van der Waals surface area contributed by atoms with Gasteiger partial charge in [-0.1, -0.05) is 26.2 Å². The Morgan fingerprint density at radius 1 is 1.43 bits per heavy atom. The zero-order valence-electron chi connectivity index (χ0n) is 12.3. The predicted molar refractivity (Wildman–Crippen MR) is 82.1 cm³/mol. The molecule has 0 spiro atoms. The topological polar surface area (TPSA) is 79.0 Å². The summed E-state index contributed by atoms with van der Waals surface area (Å²) >= 11 is 0. The molecule has 0 heterocycles. The molecule has 0 radical (unpaired) electrons. The van der Waals surface area contributed by atoms with Gasteiger partial charge in [0.25, 0.3) is 5.69 Å². The first-order chi connectivity index (χ1) is 10.2. The van der Waals surface area contributed by atoms with Crippen LogP contribution in [0.1, 0.15) is 51.0 Å². The summed E-state index contributed by atoms with van der Waals surface area (Å²) in [6, 6.07) is 6.97. The van der Waals surface area contributed by atoms with Gasteiger partial charge < -0.3 is 5.32 Å². The molecule has 1 saturated carbocycles. The van der Waals surface area contributed by atoms with E-state index >= 15 is 0 Å². The fraction of sp³-hybridized carbons (Fsp3) is 0.562. The minimum atomic E-state index is -0.495. The van der Waals surface area contributed by atoms with Gasteiger partial charge in [0.1, 0.15) is 11.6 Å². The van der Waals surface area contributed by atoms with Crippen molar-refractivity contribution in [3.63, 3.8) is 0 Å². The zero-order valence-corrected chi connectivity index (χ0v) is 12.3. The number of nitro benzene ring substituents is 1. The first-order valence-corrected chi connectivity index (χ1v) is 7.60. The highest BCUT2D eigenvalue weighted by Gasteiger charge is 2.23. The third-order valence-corrected chi connectivity index (χ3v) is 4.33. The molecular formula is C16H21N3O2. The molecule has 112 valence electrons. The van der Waals surface area contributed by atoms with Crippen LogP contribution in [0.25, 0.3) is 0 Å². The van der Waals surface area contributed by atoms with Crippen molar-refractivity contribution in [2.75, 3.05) is 5.32 Å². The third-order valence-electron chi connectivity index (χ3n) is 4.33. The highest BCUT2D eigenvalue weighted by atomic mass is 16.6. The molecule has 1 unspecified atom stereocenters. The Hall–Kier alpha value is -2.09. The van der Waals surface area contributed by atoms with E-state index in [1.165, 1.54) is 44.2 Å². The number of benzene rings is 1. The third kappa shape index (κ3) is 3.72. The fourth-order valence-corrected chi connectivity index (χ4v) is 3.17. The minimum absolute atomic E-state index is 0.108. The van der Waals surface area contributed by atoms with Gasteiger partial charge in [0, 0.05) is 17.8 Å². The summed E-state index contributed by atoms with van der Waals surface area (Å²) in [7, 11) is 0. The van der Waals surface area contributed by atoms with Crippen LogP contribution in [0.4, 0.5) is 11.4 Å². The van der Waals surface area contributed by atoms with E-state index in [1.54, 1.807) is 6.07 Å². The molecule has 21 heavy (non-hydrogen) atoms. The number of hydrogen-bond acceptors (Lipinski definition) is 4. The van der Waals surface area contributed by atoms with Gasteiger partial charge in [0.05, 0.1) is 4.92 Å². The Morgan fingerprint density at radius 3 is 2.71 bits per heavy atom. The maximum Gasteiger partial charge on any atom is 0.289 e. The molecule has 1 aromatic carbocycles. The molecule has 2 rings (SSSR count). The summed E-state index contributed by atoms with van der Waals surface area (Å²) in [6.45, 7) is 2.14. The standard InChI is InChI=1S/C16H21N3O2/c1-2-15(12-6-4-3-5-7-12)18-14-9-8-13(11-17)16(10-14)19(20)21/h8-10,12,15,18H,2-7H2,1H3. The van der Waals surface area contributed by atoms with Crippen molar-refractivity contribution >= 4 is 11.4 Å². The minimum Gasteiger partial charge on any atom is -0.382 e. The van der Waals surface area contributed by atoms with E-state index in [-0.39, 0.29) is 11.3 Å². The first-order valence-electron chi connectivity index (χ1n) is 7.60. The van der Waals surface area contributed by atoms with Crippen LogP contribution in [0.3, 0.4) is 0 Å². The van der Waals surface area contributed by atoms with Crippen LogP contribution in [0.2, 0.25) is 0 Å². The quantitative estimate of drug-likeness (QED) is 0.649. The largest absolute Gasteiger partial charge is 0.382 e. The van der Waals surface area contributed by atoms with Gasteiger partial charge in [-0.05, 0) is 37.3 Å². The van der Waals surface area contributed by atoms with Gasteiger partial charge in [-0.15, -0.1) is 0 Å². The maximum atomic E-state index is 11.0. The van der Waals surface area contributed by atoms with E-state index in [0.717, 1.165) is 12.1 Å². The molecule has 1 aromatic rings. The van der Waals surface area contributed by atoms with Gasteiger partial charge in [0.15, 0.2) is 0 Å². The Morgan fingerprint density at radius 2 is 2.14 bits per heavy atom. The van der Waals surface area contributed by atoms with E-state index in [9.17, 15) is 10.1 Å². The Labute approximate surface area is 125 Å². The molecule has 1 fully saturated rings. The molecule has 1 N–H and O–H groups in total. The molecule has 5 heteroatoms. The van der Waals surface area contributed by atoms with Crippen LogP contribution >= 0.6 is 0 Å². The van der Waals surface area contributed by atoms with Crippen LogP contribution < -0.4 is 5.32 Å². The van der Waals surface area contributed by atoms with E-state index in [1.807, 2.05) is 6.07 Å². The second kappa shape index (κ2) is 7.07. The lowest BCUT2D eigenvalue weighted by Crippen LogP contribution is -2.30. The SMILES string of the molecule is CCC(Nc1ccc(C#N)c([N+](=O)[O-])c1)C1CCCCC1. The zero-order chi connectivity index (χ0) is 15.2. The first kappa shape index (κ1) is 15.3. The summed E-state index contributed by atoms with van der Waals surface area (Å²) in [5, 5.41) is 23.4. The van der Waals surface area contributed by atoms with Crippen LogP contribution in [0.15, 0.2) is 18.2 Å². The number of nitriles is 1. The van der Waals surface area contributed by atoms with Crippen LogP contribution in [-0.2, 0) is 0 Å². The van der Waals surface area contributed by atoms with Crippen molar-refractivity contribution in [1.29, 1.82) is 5.26 Å². The second-order valence-corrected chi connectivity index (χ2v) is 5.66. The van der Waals surface area contributed by atoms with Gasteiger partial charge in [-0.3, -0.25) is 10.1 Å². The molecule has 0 aromatic heterocycles. The fourth-order valence-electron chi connectivity index (χ4n) is 3.17. The number of hydrogen-bond donors (Lipinski definition) is 1. The molecule has 0 saturated heterocycles. The number of anilines is 1. The lowest BCUT2D eigenvalue weighted by atomic mass is 9.83. The van der Waals surface area contributed by atoms with Gasteiger partial charge in [0.2, 0.25) is 0 Å². The Bertz CT molecular complexity index is 545. The smallest absolute Gasteiger partial charge is 0.289 e. The Balaban J connectivity index is 2.15. The van der Waals surface area contributed by atoms with Crippen LogP contribution in [0, 0.1) is 27.4 Å². The van der Waals surface area contributed by atoms with E-state index < -0.39 is 4.92 Å². The molecular weight excluding hydrogens is 266 g/mol. The summed E-state index contributed by atoms with van der Waals surface area (Å²) in [5.74, 6) is 0.637. The van der Waals surface area contributed by atoms with Gasteiger partial charge in [-0.25, -0.2) is 0 Å². The molecule has 0 amide bonds. The van der Waals surface area contributed by atoms with Crippen molar-refractivity contribution in [3.8, 4) is 6.07 Å². The lowest BCUT2D eigenvalue weighted by Gasteiger charge is -2.31. The summed E-state index contributed by atoms with van der Waals surface area (Å²) in [6.07, 6.45) is 7.31. The highest BCUT2D eigenvalue weighted by Crippen LogP contribution is 2.30. The molecule has 1 aliphatic carbocycles. The van der Waals surface area contributed by atoms with Crippen LogP contribution in [0.5, 0.6) is 0 Å². The molecule has 0 bridgehead atoms. The number of nitro groups is 1. The number of rotatable bonds is 5. The van der Waals surface area contributed by atoms with Gasteiger partial charge in [-0.2, -0.15) is 5.26 Å². The molecule has 0 aliphatic heterocycles. The Kier molecular flexibility index (Phi) is 5.15. The van der Waals surface area contributed by atoms with Crippen LogP contribution in [-0.4, -0.2) is 11.0 Å². The maximum absolute atomic E-state index is 11.0. The van der Waals surface area contributed by atoms with Crippen molar-refractivity contribution in [1.82, 2.24) is 0 Å². The monoisotopic (exact) mass is 287 g/mol. The molecule has 1 aliphatic rings. The number of nitrogens with zero attached hydrogens (tertiary/aromatic N) is 2. The van der Waals surface area contributed by atoms with E-state index in [4.69, 9.17) is 5.26 Å². The normalized spacial score (nSPS) is 17.0. The van der Waals surface area contributed by atoms with Crippen molar-refractivity contribution in [3.05, 3.63) is 33.9 Å². The second-order valence-electron chi connectivity index (χ2n) is 5.66. The van der Waals surface area contributed by atoms with E-state index in [2.05, 4.69) is 12.2 Å². The van der Waals surface area contributed by atoms with Crippen molar-refractivity contribution in [2.45, 2.75) is 51.5 Å². The van der Waals surface area contributed by atoms with Crippen molar-refractivity contribution < 1.29 is 4.92 Å². The number of nitrogens with one attached hydrogen (secondary N) is 1. The lowest BCUT2D eigenvalue weighted by molar-refractivity contribution is -0.385. The summed E-state index contributed by atoms with van der Waals surface area (Å²) in [4.78, 5) is 10.5.